The average Bonchev–Trinajstić information content (AvgIpc) is 2.38. The molecule has 0 radical (unpaired) electrons. The summed E-state index contributed by atoms with van der Waals surface area (Å²) in [4.78, 5) is 11.9. The zero-order valence-corrected chi connectivity index (χ0v) is 10.7. The Morgan fingerprint density at radius 2 is 2.15 bits per heavy atom. The Bertz CT molecular complexity index is 471. The van der Waals surface area contributed by atoms with Gasteiger partial charge in [0, 0.05) is 11.8 Å². The fraction of sp³-hybridized carbons (Fsp3) is 0.462. The number of hydrogen-bond acceptors (Lipinski definition) is 3. The van der Waals surface area contributed by atoms with Crippen molar-refractivity contribution in [2.24, 2.45) is 0 Å². The Hall–Kier alpha value is -1.76. The van der Waals surface area contributed by atoms with Gasteiger partial charge in [0.2, 0.25) is 5.91 Å². The molecule has 0 saturated carbocycles. The second kappa shape index (κ2) is 6.13. The minimum Gasteiger partial charge on any atom is -0.406 e. The first-order valence-electron chi connectivity index (χ1n) is 6.34. The van der Waals surface area contributed by atoms with Crippen molar-refractivity contribution in [1.29, 1.82) is 0 Å². The molecule has 1 aromatic carbocycles. The Balaban J connectivity index is 1.98. The molecule has 1 amide bonds. The van der Waals surface area contributed by atoms with Gasteiger partial charge in [-0.05, 0) is 31.5 Å². The van der Waals surface area contributed by atoms with E-state index in [0.29, 0.717) is 0 Å². The Labute approximate surface area is 114 Å². The lowest BCUT2D eigenvalue weighted by molar-refractivity contribution is -0.274. The summed E-state index contributed by atoms with van der Waals surface area (Å²) in [5.41, 5.74) is 0.282. The minimum absolute atomic E-state index is 0.242. The molecule has 1 unspecified atom stereocenters. The van der Waals surface area contributed by atoms with Crippen LogP contribution < -0.4 is 15.4 Å². The monoisotopic (exact) mass is 288 g/mol. The maximum absolute atomic E-state index is 12.1. The molecule has 0 bridgehead atoms. The number of ether oxygens (including phenoxy) is 1. The first-order chi connectivity index (χ1) is 9.44. The topological polar surface area (TPSA) is 50.4 Å². The number of alkyl halides is 3. The Kier molecular flexibility index (Phi) is 4.49. The van der Waals surface area contributed by atoms with E-state index in [1.807, 2.05) is 0 Å². The van der Waals surface area contributed by atoms with Crippen molar-refractivity contribution in [1.82, 2.24) is 5.32 Å². The van der Waals surface area contributed by atoms with Gasteiger partial charge in [0.25, 0.3) is 0 Å². The molecule has 7 heteroatoms. The van der Waals surface area contributed by atoms with Gasteiger partial charge in [-0.3, -0.25) is 4.79 Å². The second-order valence-electron chi connectivity index (χ2n) is 4.57. The molecule has 2 N–H and O–H groups in total. The van der Waals surface area contributed by atoms with E-state index in [9.17, 15) is 18.0 Å². The number of carbonyl (C=O) groups excluding carboxylic acids is 1. The average molecular weight is 288 g/mol. The van der Waals surface area contributed by atoms with Gasteiger partial charge in [0.05, 0.1) is 6.04 Å². The summed E-state index contributed by atoms with van der Waals surface area (Å²) < 4.78 is 40.1. The van der Waals surface area contributed by atoms with Crippen LogP contribution in [0.5, 0.6) is 5.75 Å². The van der Waals surface area contributed by atoms with E-state index in [1.165, 1.54) is 18.2 Å². The number of carbonyl (C=O) groups is 1. The van der Waals surface area contributed by atoms with Crippen LogP contribution in [0.2, 0.25) is 0 Å². The van der Waals surface area contributed by atoms with Crippen LogP contribution in [0.4, 0.5) is 18.9 Å². The van der Waals surface area contributed by atoms with Crippen molar-refractivity contribution in [3.8, 4) is 5.75 Å². The number of piperidine rings is 1. The smallest absolute Gasteiger partial charge is 0.406 e. The molecule has 0 aliphatic carbocycles. The van der Waals surface area contributed by atoms with Crippen LogP contribution in [-0.2, 0) is 4.79 Å². The molecule has 1 heterocycles. The predicted molar refractivity (Wildman–Crippen MR) is 67.4 cm³/mol. The minimum atomic E-state index is -4.74. The molecule has 1 fully saturated rings. The lowest BCUT2D eigenvalue weighted by Crippen LogP contribution is -2.43. The van der Waals surface area contributed by atoms with E-state index in [2.05, 4.69) is 15.4 Å². The van der Waals surface area contributed by atoms with Gasteiger partial charge in [0.15, 0.2) is 0 Å². The lowest BCUT2D eigenvalue weighted by atomic mass is 10.0. The molecular weight excluding hydrogens is 273 g/mol. The van der Waals surface area contributed by atoms with Gasteiger partial charge >= 0.3 is 6.36 Å². The summed E-state index contributed by atoms with van der Waals surface area (Å²) >= 11 is 0. The second-order valence-corrected chi connectivity index (χ2v) is 4.57. The quantitative estimate of drug-likeness (QED) is 0.899. The molecular formula is C13H15F3N2O2. The van der Waals surface area contributed by atoms with E-state index in [-0.39, 0.29) is 23.4 Å². The van der Waals surface area contributed by atoms with Crippen LogP contribution in [0.1, 0.15) is 19.3 Å². The highest BCUT2D eigenvalue weighted by Gasteiger charge is 2.31. The molecule has 1 aliphatic heterocycles. The van der Waals surface area contributed by atoms with Crippen molar-refractivity contribution in [3.05, 3.63) is 24.3 Å². The van der Waals surface area contributed by atoms with Gasteiger partial charge in [-0.2, -0.15) is 0 Å². The van der Waals surface area contributed by atoms with Crippen LogP contribution in [-0.4, -0.2) is 24.9 Å². The summed E-state index contributed by atoms with van der Waals surface area (Å²) in [7, 11) is 0. The van der Waals surface area contributed by atoms with Gasteiger partial charge in [-0.25, -0.2) is 0 Å². The van der Waals surface area contributed by atoms with Crippen molar-refractivity contribution < 1.29 is 22.7 Å². The van der Waals surface area contributed by atoms with E-state index < -0.39 is 6.36 Å². The third-order valence-corrected chi connectivity index (χ3v) is 2.96. The molecule has 1 aromatic rings. The number of amides is 1. The van der Waals surface area contributed by atoms with Crippen LogP contribution >= 0.6 is 0 Å². The first-order valence-corrected chi connectivity index (χ1v) is 6.34. The van der Waals surface area contributed by atoms with Crippen molar-refractivity contribution in [2.45, 2.75) is 31.7 Å². The van der Waals surface area contributed by atoms with Crippen LogP contribution in [0.15, 0.2) is 24.3 Å². The van der Waals surface area contributed by atoms with Gasteiger partial charge in [-0.1, -0.05) is 12.5 Å². The lowest BCUT2D eigenvalue weighted by Gasteiger charge is -2.22. The zero-order chi connectivity index (χ0) is 14.6. The molecule has 0 aromatic heterocycles. The third kappa shape index (κ3) is 4.41. The van der Waals surface area contributed by atoms with Gasteiger partial charge in [-0.15, -0.1) is 13.2 Å². The van der Waals surface area contributed by atoms with Gasteiger partial charge < -0.3 is 15.4 Å². The zero-order valence-electron chi connectivity index (χ0n) is 10.7. The van der Waals surface area contributed by atoms with Crippen molar-refractivity contribution in [3.63, 3.8) is 0 Å². The number of nitrogens with one attached hydrogen (secondary N) is 2. The molecule has 0 spiro atoms. The van der Waals surface area contributed by atoms with E-state index >= 15 is 0 Å². The van der Waals surface area contributed by atoms with Crippen LogP contribution in [0, 0.1) is 0 Å². The predicted octanol–water partition coefficient (Wildman–Crippen LogP) is 2.67. The Morgan fingerprint density at radius 1 is 1.35 bits per heavy atom. The van der Waals surface area contributed by atoms with E-state index in [4.69, 9.17) is 0 Å². The molecule has 20 heavy (non-hydrogen) atoms. The number of benzene rings is 1. The number of anilines is 1. The molecule has 1 aliphatic rings. The van der Waals surface area contributed by atoms with Crippen molar-refractivity contribution >= 4 is 11.6 Å². The summed E-state index contributed by atoms with van der Waals surface area (Å²) in [6.07, 6.45) is -2.03. The summed E-state index contributed by atoms with van der Waals surface area (Å²) in [5, 5.41) is 5.66. The van der Waals surface area contributed by atoms with Crippen LogP contribution in [0.25, 0.3) is 0 Å². The molecule has 2 rings (SSSR count). The summed E-state index contributed by atoms with van der Waals surface area (Å²) in [6.45, 7) is 0.773. The maximum Gasteiger partial charge on any atom is 0.573 e. The summed E-state index contributed by atoms with van der Waals surface area (Å²) in [6, 6.07) is 4.95. The number of rotatable bonds is 3. The third-order valence-electron chi connectivity index (χ3n) is 2.96. The van der Waals surface area contributed by atoms with Crippen molar-refractivity contribution in [2.75, 3.05) is 11.9 Å². The molecule has 4 nitrogen and oxygen atoms in total. The molecule has 1 atom stereocenters. The standard InChI is InChI=1S/C13H15F3N2O2/c14-13(15,16)20-10-5-3-4-9(8-10)18-12(19)11-6-1-2-7-17-11/h3-5,8,11,17H,1-2,6-7H2,(H,18,19). The largest absolute Gasteiger partial charge is 0.573 e. The normalized spacial score (nSPS) is 19.4. The summed E-state index contributed by atoms with van der Waals surface area (Å²) in [5.74, 6) is -0.597. The number of halogens is 3. The van der Waals surface area contributed by atoms with Crippen LogP contribution in [0.3, 0.4) is 0 Å². The molecule has 1 saturated heterocycles. The Morgan fingerprint density at radius 3 is 2.80 bits per heavy atom. The maximum atomic E-state index is 12.1. The number of hydrogen-bond donors (Lipinski definition) is 2. The van der Waals surface area contributed by atoms with Gasteiger partial charge in [0.1, 0.15) is 5.75 Å². The highest BCUT2D eigenvalue weighted by atomic mass is 19.4. The fourth-order valence-corrected chi connectivity index (χ4v) is 2.08. The van der Waals surface area contributed by atoms with E-state index in [1.54, 1.807) is 0 Å². The highest BCUT2D eigenvalue weighted by molar-refractivity contribution is 5.95. The molecule has 110 valence electrons. The van der Waals surface area contributed by atoms with E-state index in [0.717, 1.165) is 31.9 Å². The highest BCUT2D eigenvalue weighted by Crippen LogP contribution is 2.25. The SMILES string of the molecule is O=C(Nc1cccc(OC(F)(F)F)c1)C1CCCCN1. The fourth-order valence-electron chi connectivity index (χ4n) is 2.08. The first kappa shape index (κ1) is 14.6.